The number of nitrogens with one attached hydrogen (secondary N) is 1. The lowest BCUT2D eigenvalue weighted by atomic mass is 10.1. The van der Waals surface area contributed by atoms with Crippen molar-refractivity contribution in [3.05, 3.63) is 45.9 Å². The smallest absolute Gasteiger partial charge is 0.335 e. The summed E-state index contributed by atoms with van der Waals surface area (Å²) in [4.78, 5) is 33.8. The number of carbonyl (C=O) groups excluding carboxylic acids is 2. The SMILES string of the molecule is COC(=O)/C=C1/S/C(=N\N=Cc2ccc(C(=O)O)cc2C)NC1=O. The molecule has 9 heteroatoms. The molecular formula is C15H13N3O5S. The van der Waals surface area contributed by atoms with E-state index in [4.69, 9.17) is 5.11 Å². The zero-order chi connectivity index (χ0) is 17.7. The molecule has 1 aliphatic rings. The number of amidine groups is 1. The van der Waals surface area contributed by atoms with E-state index >= 15 is 0 Å². The Labute approximate surface area is 141 Å². The van der Waals surface area contributed by atoms with E-state index < -0.39 is 17.8 Å². The van der Waals surface area contributed by atoms with E-state index in [0.29, 0.717) is 5.56 Å². The quantitative estimate of drug-likeness (QED) is 0.367. The van der Waals surface area contributed by atoms with Crippen molar-refractivity contribution in [3.8, 4) is 0 Å². The van der Waals surface area contributed by atoms with Crippen LogP contribution in [0.4, 0.5) is 0 Å². The molecule has 0 radical (unpaired) electrons. The van der Waals surface area contributed by atoms with Gasteiger partial charge in [-0.15, -0.1) is 5.10 Å². The van der Waals surface area contributed by atoms with E-state index in [1.807, 2.05) is 0 Å². The van der Waals surface area contributed by atoms with E-state index in [1.165, 1.54) is 25.5 Å². The van der Waals surface area contributed by atoms with Gasteiger partial charge in [-0.2, -0.15) is 5.10 Å². The van der Waals surface area contributed by atoms with Crippen LogP contribution in [-0.4, -0.2) is 41.4 Å². The first-order chi connectivity index (χ1) is 11.4. The van der Waals surface area contributed by atoms with Crippen LogP contribution in [0.1, 0.15) is 21.5 Å². The Bertz CT molecular complexity index is 798. The molecule has 24 heavy (non-hydrogen) atoms. The van der Waals surface area contributed by atoms with E-state index in [0.717, 1.165) is 23.4 Å². The predicted molar refractivity (Wildman–Crippen MR) is 89.0 cm³/mol. The van der Waals surface area contributed by atoms with Crippen LogP contribution in [0.2, 0.25) is 0 Å². The van der Waals surface area contributed by atoms with Gasteiger partial charge in [-0.05, 0) is 41.9 Å². The van der Waals surface area contributed by atoms with Gasteiger partial charge in [-0.25, -0.2) is 9.59 Å². The number of aromatic carboxylic acids is 1. The molecule has 8 nitrogen and oxygen atoms in total. The van der Waals surface area contributed by atoms with Crippen molar-refractivity contribution < 1.29 is 24.2 Å². The Morgan fingerprint density at radius 2 is 2.12 bits per heavy atom. The van der Waals surface area contributed by atoms with E-state index in [2.05, 4.69) is 20.3 Å². The molecule has 0 aliphatic carbocycles. The van der Waals surface area contributed by atoms with Gasteiger partial charge in [0.15, 0.2) is 5.17 Å². The molecule has 0 spiro atoms. The van der Waals surface area contributed by atoms with Crippen molar-refractivity contribution in [3.63, 3.8) is 0 Å². The first kappa shape index (κ1) is 17.4. The van der Waals surface area contributed by atoms with E-state index in [1.54, 1.807) is 13.0 Å². The lowest BCUT2D eigenvalue weighted by Gasteiger charge is -2.00. The molecule has 124 valence electrons. The monoisotopic (exact) mass is 347 g/mol. The fourth-order valence-corrected chi connectivity index (χ4v) is 2.48. The minimum absolute atomic E-state index is 0.165. The second-order valence-electron chi connectivity index (χ2n) is 4.61. The van der Waals surface area contributed by atoms with Crippen LogP contribution < -0.4 is 5.32 Å². The lowest BCUT2D eigenvalue weighted by Crippen LogP contribution is -2.19. The van der Waals surface area contributed by atoms with Gasteiger partial charge in [0.25, 0.3) is 5.91 Å². The molecule has 0 atom stereocenters. The van der Waals surface area contributed by atoms with E-state index in [-0.39, 0.29) is 15.6 Å². The second kappa shape index (κ2) is 7.55. The Hall–Kier alpha value is -2.94. The summed E-state index contributed by atoms with van der Waals surface area (Å²) in [6, 6.07) is 4.61. The zero-order valence-corrected chi connectivity index (χ0v) is 13.6. The van der Waals surface area contributed by atoms with Crippen LogP contribution in [-0.2, 0) is 14.3 Å². The van der Waals surface area contributed by atoms with Crippen molar-refractivity contribution >= 4 is 41.0 Å². The highest BCUT2D eigenvalue weighted by Crippen LogP contribution is 2.23. The lowest BCUT2D eigenvalue weighted by molar-refractivity contribution is -0.135. The molecule has 1 amide bonds. The van der Waals surface area contributed by atoms with Gasteiger partial charge in [-0.1, -0.05) is 6.07 Å². The number of carboxylic acids is 1. The van der Waals surface area contributed by atoms with Crippen molar-refractivity contribution in [1.29, 1.82) is 0 Å². The Kier molecular flexibility index (Phi) is 5.48. The molecule has 1 aromatic carbocycles. The van der Waals surface area contributed by atoms with Crippen LogP contribution in [0, 0.1) is 6.92 Å². The average molecular weight is 347 g/mol. The molecule has 1 aromatic rings. The van der Waals surface area contributed by atoms with Gasteiger partial charge >= 0.3 is 11.9 Å². The minimum atomic E-state index is -1.00. The number of rotatable bonds is 4. The molecule has 1 saturated heterocycles. The third-order valence-corrected chi connectivity index (χ3v) is 3.86. The third kappa shape index (κ3) is 4.29. The van der Waals surface area contributed by atoms with Gasteiger partial charge in [0, 0.05) is 6.08 Å². The maximum absolute atomic E-state index is 11.6. The summed E-state index contributed by atoms with van der Waals surface area (Å²) in [5.41, 5.74) is 1.62. The molecule has 1 fully saturated rings. The first-order valence-electron chi connectivity index (χ1n) is 6.64. The van der Waals surface area contributed by atoms with Crippen LogP contribution in [0.3, 0.4) is 0 Å². The highest BCUT2D eigenvalue weighted by Gasteiger charge is 2.24. The number of benzene rings is 1. The standard InChI is InChI=1S/C15H13N3O5S/c1-8-5-9(14(21)22)3-4-10(8)7-16-18-15-17-13(20)11(24-15)6-12(19)23-2/h3-7H,1-2H3,(H,21,22)(H,17,18,20)/b11-6+,16-7?. The molecule has 2 N–H and O–H groups in total. The number of nitrogens with zero attached hydrogens (tertiary/aromatic N) is 2. The van der Waals surface area contributed by atoms with Crippen molar-refractivity contribution in [1.82, 2.24) is 5.32 Å². The van der Waals surface area contributed by atoms with Crippen LogP contribution in [0.15, 0.2) is 39.4 Å². The molecule has 1 aliphatic heterocycles. The second-order valence-corrected chi connectivity index (χ2v) is 5.64. The van der Waals surface area contributed by atoms with Gasteiger partial charge in [0.05, 0.1) is 23.8 Å². The summed E-state index contributed by atoms with van der Waals surface area (Å²) < 4.78 is 4.45. The predicted octanol–water partition coefficient (Wildman–Crippen LogP) is 1.30. The number of ether oxygens (including phenoxy) is 1. The third-order valence-electron chi connectivity index (χ3n) is 2.96. The number of thioether (sulfide) groups is 1. The highest BCUT2D eigenvalue weighted by atomic mass is 32.2. The molecule has 0 aromatic heterocycles. The van der Waals surface area contributed by atoms with Gasteiger partial charge in [0.1, 0.15) is 0 Å². The number of hydrogen-bond donors (Lipinski definition) is 2. The van der Waals surface area contributed by atoms with Crippen LogP contribution in [0.25, 0.3) is 0 Å². The number of esters is 1. The van der Waals surface area contributed by atoms with Gasteiger partial charge in [-0.3, -0.25) is 10.1 Å². The zero-order valence-electron chi connectivity index (χ0n) is 12.8. The number of aryl methyl sites for hydroxylation is 1. The average Bonchev–Trinajstić information content (AvgIpc) is 2.88. The molecule has 1 heterocycles. The molecule has 2 rings (SSSR count). The van der Waals surface area contributed by atoms with Crippen molar-refractivity contribution in [2.75, 3.05) is 7.11 Å². The van der Waals surface area contributed by atoms with Crippen LogP contribution in [0.5, 0.6) is 0 Å². The van der Waals surface area contributed by atoms with Crippen molar-refractivity contribution in [2.24, 2.45) is 10.2 Å². The summed E-state index contributed by atoms with van der Waals surface area (Å²) in [7, 11) is 1.22. The molecule has 0 saturated carbocycles. The summed E-state index contributed by atoms with van der Waals surface area (Å²) in [6.07, 6.45) is 2.52. The fraction of sp³-hybridized carbons (Fsp3) is 0.133. The normalized spacial score (nSPS) is 17.5. The molecule has 0 unspecified atom stereocenters. The Balaban J connectivity index is 2.10. The topological polar surface area (TPSA) is 117 Å². The summed E-state index contributed by atoms with van der Waals surface area (Å²) in [5, 5.41) is 19.3. The molecular weight excluding hydrogens is 334 g/mol. The number of hydrogen-bond acceptors (Lipinski definition) is 7. The van der Waals surface area contributed by atoms with Gasteiger partial charge in [0.2, 0.25) is 0 Å². The number of carbonyl (C=O) groups is 3. The summed E-state index contributed by atoms with van der Waals surface area (Å²) in [5.74, 6) is -2.09. The maximum Gasteiger partial charge on any atom is 0.335 e. The summed E-state index contributed by atoms with van der Waals surface area (Å²) in [6.45, 7) is 1.75. The number of carboxylic acid groups (broad SMARTS) is 1. The minimum Gasteiger partial charge on any atom is -0.478 e. The summed E-state index contributed by atoms with van der Waals surface area (Å²) >= 11 is 0.966. The largest absolute Gasteiger partial charge is 0.478 e. The maximum atomic E-state index is 11.6. The Morgan fingerprint density at radius 1 is 1.38 bits per heavy atom. The Morgan fingerprint density at radius 3 is 2.75 bits per heavy atom. The molecule has 0 bridgehead atoms. The fourth-order valence-electron chi connectivity index (χ4n) is 1.74. The van der Waals surface area contributed by atoms with Gasteiger partial charge < -0.3 is 9.84 Å². The van der Waals surface area contributed by atoms with Crippen LogP contribution >= 0.6 is 11.8 Å². The van der Waals surface area contributed by atoms with Crippen molar-refractivity contribution in [2.45, 2.75) is 6.92 Å². The highest BCUT2D eigenvalue weighted by molar-refractivity contribution is 8.18. The first-order valence-corrected chi connectivity index (χ1v) is 7.46. The number of methoxy groups -OCH3 is 1. The van der Waals surface area contributed by atoms with E-state index in [9.17, 15) is 14.4 Å². The number of amides is 1.